The minimum Gasteiger partial charge on any atom is -0.478 e. The van der Waals surface area contributed by atoms with E-state index in [-0.39, 0.29) is 23.3 Å². The van der Waals surface area contributed by atoms with Gasteiger partial charge in [-0.15, -0.1) is 11.8 Å². The van der Waals surface area contributed by atoms with Crippen LogP contribution in [0.2, 0.25) is 0 Å². The Balaban J connectivity index is 1.83. The normalized spacial score (nSPS) is 21.8. The zero-order chi connectivity index (χ0) is 15.2. The van der Waals surface area contributed by atoms with E-state index in [1.165, 1.54) is 24.6 Å². The fourth-order valence-corrected chi connectivity index (χ4v) is 3.44. The first-order chi connectivity index (χ1) is 10.1. The fraction of sp³-hybridized carbons (Fsp3) is 0.500. The number of aromatic carboxylic acids is 1. The molecule has 0 aliphatic heterocycles. The summed E-state index contributed by atoms with van der Waals surface area (Å²) in [6.45, 7) is 2.25. The highest BCUT2D eigenvalue weighted by Crippen LogP contribution is 2.25. The molecule has 0 radical (unpaired) electrons. The SMILES string of the molecule is CC1CCC(NC(=O)CSc2ccccc2C(=O)O)CC1. The van der Waals surface area contributed by atoms with E-state index in [4.69, 9.17) is 5.11 Å². The molecule has 0 bridgehead atoms. The van der Waals surface area contributed by atoms with Crippen molar-refractivity contribution in [2.24, 2.45) is 5.92 Å². The van der Waals surface area contributed by atoms with Crippen LogP contribution in [0.1, 0.15) is 43.0 Å². The minimum absolute atomic E-state index is 0.0141. The van der Waals surface area contributed by atoms with Crippen LogP contribution >= 0.6 is 11.8 Å². The summed E-state index contributed by atoms with van der Waals surface area (Å²) < 4.78 is 0. The standard InChI is InChI=1S/C16H21NO3S/c1-11-6-8-12(9-7-11)17-15(18)10-21-14-5-3-2-4-13(14)16(19)20/h2-5,11-12H,6-10H2,1H3,(H,17,18)(H,19,20). The van der Waals surface area contributed by atoms with Crippen molar-refractivity contribution >= 4 is 23.6 Å². The van der Waals surface area contributed by atoms with Crippen molar-refractivity contribution < 1.29 is 14.7 Å². The third-order valence-electron chi connectivity index (χ3n) is 3.86. The smallest absolute Gasteiger partial charge is 0.336 e. The first kappa shape index (κ1) is 15.9. The number of rotatable bonds is 5. The molecule has 0 aromatic heterocycles. The second-order valence-electron chi connectivity index (χ2n) is 5.61. The summed E-state index contributed by atoms with van der Waals surface area (Å²) in [5.41, 5.74) is 0.252. The number of carboxylic acid groups (broad SMARTS) is 1. The lowest BCUT2D eigenvalue weighted by Gasteiger charge is -2.26. The first-order valence-electron chi connectivity index (χ1n) is 7.30. The van der Waals surface area contributed by atoms with Gasteiger partial charge in [0.25, 0.3) is 0 Å². The quantitative estimate of drug-likeness (QED) is 0.820. The van der Waals surface area contributed by atoms with Crippen molar-refractivity contribution in [1.82, 2.24) is 5.32 Å². The van der Waals surface area contributed by atoms with Crippen LogP contribution in [0.3, 0.4) is 0 Å². The van der Waals surface area contributed by atoms with Gasteiger partial charge < -0.3 is 10.4 Å². The van der Waals surface area contributed by atoms with E-state index in [1.807, 2.05) is 0 Å². The fourth-order valence-electron chi connectivity index (χ4n) is 2.59. The van der Waals surface area contributed by atoms with E-state index in [0.717, 1.165) is 18.8 Å². The highest BCUT2D eigenvalue weighted by Gasteiger charge is 2.20. The number of carboxylic acids is 1. The molecule has 4 nitrogen and oxygen atoms in total. The third kappa shape index (κ3) is 4.77. The molecule has 21 heavy (non-hydrogen) atoms. The maximum absolute atomic E-state index is 12.0. The highest BCUT2D eigenvalue weighted by atomic mass is 32.2. The predicted octanol–water partition coefficient (Wildman–Crippen LogP) is 3.17. The maximum Gasteiger partial charge on any atom is 0.336 e. The molecule has 114 valence electrons. The monoisotopic (exact) mass is 307 g/mol. The van der Waals surface area contributed by atoms with Crippen molar-refractivity contribution in [3.8, 4) is 0 Å². The molecule has 1 aliphatic carbocycles. The summed E-state index contributed by atoms with van der Waals surface area (Å²) in [6.07, 6.45) is 4.42. The van der Waals surface area contributed by atoms with Crippen molar-refractivity contribution in [1.29, 1.82) is 0 Å². The lowest BCUT2D eigenvalue weighted by molar-refractivity contribution is -0.119. The maximum atomic E-state index is 12.0. The number of hydrogen-bond donors (Lipinski definition) is 2. The Labute approximate surface area is 129 Å². The van der Waals surface area contributed by atoms with Crippen molar-refractivity contribution in [3.05, 3.63) is 29.8 Å². The molecule has 5 heteroatoms. The van der Waals surface area contributed by atoms with E-state index in [0.29, 0.717) is 4.90 Å². The molecule has 0 spiro atoms. The van der Waals surface area contributed by atoms with Gasteiger partial charge in [-0.2, -0.15) is 0 Å². The van der Waals surface area contributed by atoms with Crippen molar-refractivity contribution in [2.45, 2.75) is 43.5 Å². The molecule has 1 aliphatic rings. The second kappa shape index (κ2) is 7.50. The summed E-state index contributed by atoms with van der Waals surface area (Å²) in [7, 11) is 0. The number of nitrogens with one attached hydrogen (secondary N) is 1. The first-order valence-corrected chi connectivity index (χ1v) is 8.29. The molecule has 1 saturated carbocycles. The summed E-state index contributed by atoms with van der Waals surface area (Å²) in [6, 6.07) is 7.06. The van der Waals surface area contributed by atoms with Crippen molar-refractivity contribution in [2.75, 3.05) is 5.75 Å². The zero-order valence-electron chi connectivity index (χ0n) is 12.2. The molecule has 1 aromatic rings. The van der Waals surface area contributed by atoms with E-state index in [1.54, 1.807) is 24.3 Å². The molecular weight excluding hydrogens is 286 g/mol. The Morgan fingerprint density at radius 1 is 1.24 bits per heavy atom. The molecule has 1 amide bonds. The summed E-state index contributed by atoms with van der Waals surface area (Å²) in [5.74, 6) is 0.0468. The van der Waals surface area contributed by atoms with Gasteiger partial charge in [0, 0.05) is 10.9 Å². The Morgan fingerprint density at radius 3 is 2.57 bits per heavy atom. The second-order valence-corrected chi connectivity index (χ2v) is 6.63. The average molecular weight is 307 g/mol. The van der Waals surface area contributed by atoms with Crippen LogP contribution in [0.4, 0.5) is 0 Å². The largest absolute Gasteiger partial charge is 0.478 e. The summed E-state index contributed by atoms with van der Waals surface area (Å²) in [4.78, 5) is 23.7. The topological polar surface area (TPSA) is 66.4 Å². The van der Waals surface area contributed by atoms with Crippen LogP contribution in [-0.4, -0.2) is 28.8 Å². The molecule has 1 fully saturated rings. The van der Waals surface area contributed by atoms with Crippen LogP contribution in [0.15, 0.2) is 29.2 Å². The van der Waals surface area contributed by atoms with Gasteiger partial charge in [0.05, 0.1) is 11.3 Å². The number of carbonyl (C=O) groups excluding carboxylic acids is 1. The van der Waals surface area contributed by atoms with Crippen LogP contribution in [0.25, 0.3) is 0 Å². The number of benzene rings is 1. The third-order valence-corrected chi connectivity index (χ3v) is 4.93. The van der Waals surface area contributed by atoms with E-state index >= 15 is 0 Å². The van der Waals surface area contributed by atoms with Gasteiger partial charge in [-0.25, -0.2) is 4.79 Å². The van der Waals surface area contributed by atoms with Gasteiger partial charge in [-0.3, -0.25) is 4.79 Å². The summed E-state index contributed by atoms with van der Waals surface area (Å²) in [5, 5.41) is 12.2. The zero-order valence-corrected chi connectivity index (χ0v) is 13.0. The Kier molecular flexibility index (Phi) is 5.67. The van der Waals surface area contributed by atoms with Gasteiger partial charge in [0.2, 0.25) is 5.91 Å². The molecular formula is C16H21NO3S. The molecule has 0 saturated heterocycles. The molecule has 2 N–H and O–H groups in total. The number of carbonyl (C=O) groups is 2. The molecule has 0 heterocycles. The highest BCUT2D eigenvalue weighted by molar-refractivity contribution is 8.00. The number of amides is 1. The van der Waals surface area contributed by atoms with E-state index in [2.05, 4.69) is 12.2 Å². The van der Waals surface area contributed by atoms with E-state index < -0.39 is 5.97 Å². The predicted molar refractivity (Wildman–Crippen MR) is 83.7 cm³/mol. The van der Waals surface area contributed by atoms with Gasteiger partial charge in [0.1, 0.15) is 0 Å². The lowest BCUT2D eigenvalue weighted by Crippen LogP contribution is -2.38. The van der Waals surface area contributed by atoms with Crippen LogP contribution < -0.4 is 5.32 Å². The average Bonchev–Trinajstić information content (AvgIpc) is 2.48. The number of hydrogen-bond acceptors (Lipinski definition) is 3. The summed E-state index contributed by atoms with van der Waals surface area (Å²) >= 11 is 1.28. The lowest BCUT2D eigenvalue weighted by atomic mass is 9.87. The molecule has 0 atom stereocenters. The van der Waals surface area contributed by atoms with Crippen LogP contribution in [-0.2, 0) is 4.79 Å². The van der Waals surface area contributed by atoms with Gasteiger partial charge in [0.15, 0.2) is 0 Å². The van der Waals surface area contributed by atoms with Crippen molar-refractivity contribution in [3.63, 3.8) is 0 Å². The molecule has 2 rings (SSSR count). The van der Waals surface area contributed by atoms with Gasteiger partial charge >= 0.3 is 5.97 Å². The number of thioether (sulfide) groups is 1. The van der Waals surface area contributed by atoms with Gasteiger partial charge in [-0.1, -0.05) is 19.1 Å². The Morgan fingerprint density at radius 2 is 1.90 bits per heavy atom. The Hall–Kier alpha value is -1.49. The molecule has 0 unspecified atom stereocenters. The van der Waals surface area contributed by atoms with Crippen LogP contribution in [0.5, 0.6) is 0 Å². The van der Waals surface area contributed by atoms with E-state index in [9.17, 15) is 9.59 Å². The van der Waals surface area contributed by atoms with Gasteiger partial charge in [-0.05, 0) is 43.7 Å². The Bertz CT molecular complexity index is 510. The van der Waals surface area contributed by atoms with Crippen LogP contribution in [0, 0.1) is 5.92 Å². The molecule has 1 aromatic carbocycles. The minimum atomic E-state index is -0.959.